The Balaban J connectivity index is 1.29. The van der Waals surface area contributed by atoms with Gasteiger partial charge in [-0.3, -0.25) is 14.3 Å². The van der Waals surface area contributed by atoms with Crippen LogP contribution in [0.25, 0.3) is 0 Å². The average Bonchev–Trinajstić information content (AvgIpc) is 3.24. The Morgan fingerprint density at radius 3 is 2.96 bits per heavy atom. The van der Waals surface area contributed by atoms with Crippen LogP contribution in [0.15, 0.2) is 36.4 Å². The van der Waals surface area contributed by atoms with Gasteiger partial charge in [-0.2, -0.15) is 5.10 Å². The van der Waals surface area contributed by atoms with Gasteiger partial charge in [-0.15, -0.1) is 0 Å². The van der Waals surface area contributed by atoms with Crippen molar-refractivity contribution in [3.8, 4) is 0 Å². The first-order valence-corrected chi connectivity index (χ1v) is 9.05. The summed E-state index contributed by atoms with van der Waals surface area (Å²) >= 11 is 0. The van der Waals surface area contributed by atoms with E-state index in [4.69, 9.17) is 0 Å². The van der Waals surface area contributed by atoms with Crippen LogP contribution >= 0.6 is 0 Å². The number of likely N-dealkylation sites (tertiary alicyclic amines) is 1. The third kappa shape index (κ3) is 3.62. The molecule has 0 bridgehead atoms. The number of hydrogen-bond donors (Lipinski definition) is 2. The first-order valence-electron chi connectivity index (χ1n) is 9.05. The standard InChI is InChI=1S/C19H23N5O2/c25-18(21-10-16-9-17-11-20-6-7-24(17)22-16)13-23-12-15(8-19(23)26)14-4-2-1-3-5-14/h1-5,9,15,20H,6-8,10-13H2,(H,21,25)/t15-/m1/s1. The lowest BCUT2D eigenvalue weighted by Crippen LogP contribution is -2.37. The van der Waals surface area contributed by atoms with Gasteiger partial charge in [0.25, 0.3) is 0 Å². The molecule has 26 heavy (non-hydrogen) atoms. The quantitative estimate of drug-likeness (QED) is 0.826. The van der Waals surface area contributed by atoms with Crippen LogP contribution in [0.1, 0.15) is 29.3 Å². The summed E-state index contributed by atoms with van der Waals surface area (Å²) in [4.78, 5) is 26.1. The summed E-state index contributed by atoms with van der Waals surface area (Å²) in [6.45, 7) is 3.68. The van der Waals surface area contributed by atoms with Crippen LogP contribution in [0.5, 0.6) is 0 Å². The molecule has 1 fully saturated rings. The predicted octanol–water partition coefficient (Wildman–Crippen LogP) is 0.619. The van der Waals surface area contributed by atoms with E-state index in [0.29, 0.717) is 19.5 Å². The fourth-order valence-electron chi connectivity index (χ4n) is 3.63. The van der Waals surface area contributed by atoms with E-state index in [2.05, 4.69) is 15.7 Å². The highest BCUT2D eigenvalue weighted by Gasteiger charge is 2.31. The fourth-order valence-corrected chi connectivity index (χ4v) is 3.63. The van der Waals surface area contributed by atoms with Gasteiger partial charge < -0.3 is 15.5 Å². The number of nitrogens with zero attached hydrogens (tertiary/aromatic N) is 3. The predicted molar refractivity (Wildman–Crippen MR) is 96.2 cm³/mol. The maximum atomic E-state index is 12.3. The SMILES string of the molecule is O=C(CN1C[C@H](c2ccccc2)CC1=O)NCc1cc2n(n1)CCNC2. The Labute approximate surface area is 152 Å². The Bertz CT molecular complexity index is 778. The summed E-state index contributed by atoms with van der Waals surface area (Å²) in [7, 11) is 0. The normalized spacial score (nSPS) is 19.5. The van der Waals surface area contributed by atoms with Crippen LogP contribution < -0.4 is 10.6 Å². The second kappa shape index (κ2) is 7.29. The van der Waals surface area contributed by atoms with E-state index < -0.39 is 0 Å². The molecule has 1 aromatic heterocycles. The number of hydrogen-bond acceptors (Lipinski definition) is 4. The number of rotatable bonds is 5. The maximum Gasteiger partial charge on any atom is 0.239 e. The summed E-state index contributed by atoms with van der Waals surface area (Å²) in [5, 5.41) is 10.7. The van der Waals surface area contributed by atoms with Crippen LogP contribution in [0.3, 0.4) is 0 Å². The number of carbonyl (C=O) groups is 2. The summed E-state index contributed by atoms with van der Waals surface area (Å²) < 4.78 is 1.98. The minimum absolute atomic E-state index is 0.0394. The Hall–Kier alpha value is -2.67. The molecule has 0 radical (unpaired) electrons. The molecule has 0 unspecified atom stereocenters. The highest BCUT2D eigenvalue weighted by molar-refractivity contribution is 5.86. The van der Waals surface area contributed by atoms with Gasteiger partial charge in [0.1, 0.15) is 0 Å². The van der Waals surface area contributed by atoms with Crippen molar-refractivity contribution in [2.75, 3.05) is 19.6 Å². The highest BCUT2D eigenvalue weighted by Crippen LogP contribution is 2.27. The van der Waals surface area contributed by atoms with E-state index in [1.807, 2.05) is 41.1 Å². The highest BCUT2D eigenvalue weighted by atomic mass is 16.2. The lowest BCUT2D eigenvalue weighted by atomic mass is 9.99. The van der Waals surface area contributed by atoms with Gasteiger partial charge in [0.05, 0.1) is 31.0 Å². The monoisotopic (exact) mass is 353 g/mol. The third-order valence-corrected chi connectivity index (χ3v) is 5.01. The molecule has 1 aromatic carbocycles. The molecular formula is C19H23N5O2. The van der Waals surface area contributed by atoms with Crippen LogP contribution in [0.2, 0.25) is 0 Å². The van der Waals surface area contributed by atoms with Crippen LogP contribution in [-0.4, -0.2) is 46.1 Å². The molecule has 2 aromatic rings. The van der Waals surface area contributed by atoms with E-state index in [-0.39, 0.29) is 24.3 Å². The smallest absolute Gasteiger partial charge is 0.239 e. The average molecular weight is 353 g/mol. The Morgan fingerprint density at radius 2 is 2.15 bits per heavy atom. The van der Waals surface area contributed by atoms with Crippen LogP contribution in [-0.2, 0) is 29.2 Å². The molecule has 3 heterocycles. The molecular weight excluding hydrogens is 330 g/mol. The van der Waals surface area contributed by atoms with Crippen molar-refractivity contribution in [1.82, 2.24) is 25.3 Å². The van der Waals surface area contributed by atoms with E-state index in [1.165, 1.54) is 0 Å². The molecule has 4 rings (SSSR count). The van der Waals surface area contributed by atoms with E-state index >= 15 is 0 Å². The van der Waals surface area contributed by atoms with Gasteiger partial charge in [0.2, 0.25) is 11.8 Å². The van der Waals surface area contributed by atoms with Crippen molar-refractivity contribution < 1.29 is 9.59 Å². The molecule has 2 N–H and O–H groups in total. The zero-order valence-electron chi connectivity index (χ0n) is 14.6. The van der Waals surface area contributed by atoms with Crippen molar-refractivity contribution >= 4 is 11.8 Å². The molecule has 7 heteroatoms. The second-order valence-electron chi connectivity index (χ2n) is 6.89. The molecule has 2 aliphatic heterocycles. The van der Waals surface area contributed by atoms with Gasteiger partial charge in [0, 0.05) is 32.0 Å². The molecule has 0 aliphatic carbocycles. The van der Waals surface area contributed by atoms with Crippen LogP contribution in [0.4, 0.5) is 0 Å². The summed E-state index contributed by atoms with van der Waals surface area (Å²) in [5.41, 5.74) is 3.15. The minimum Gasteiger partial charge on any atom is -0.349 e. The van der Waals surface area contributed by atoms with Crippen molar-refractivity contribution in [3.05, 3.63) is 53.3 Å². The van der Waals surface area contributed by atoms with Gasteiger partial charge in [-0.1, -0.05) is 30.3 Å². The molecule has 1 atom stereocenters. The third-order valence-electron chi connectivity index (χ3n) is 5.01. The second-order valence-corrected chi connectivity index (χ2v) is 6.89. The molecule has 136 valence electrons. The summed E-state index contributed by atoms with van der Waals surface area (Å²) in [5.74, 6) is 0.0672. The number of carbonyl (C=O) groups excluding carboxylic acids is 2. The molecule has 0 saturated carbocycles. The molecule has 7 nitrogen and oxygen atoms in total. The minimum atomic E-state index is -0.142. The molecule has 0 spiro atoms. The Kier molecular flexibility index (Phi) is 4.71. The van der Waals surface area contributed by atoms with Gasteiger partial charge >= 0.3 is 0 Å². The number of benzene rings is 1. The van der Waals surface area contributed by atoms with E-state index in [9.17, 15) is 9.59 Å². The lowest BCUT2D eigenvalue weighted by molar-refractivity contribution is -0.133. The first kappa shape index (κ1) is 16.8. The zero-order chi connectivity index (χ0) is 17.9. The summed E-state index contributed by atoms with van der Waals surface area (Å²) in [6.07, 6.45) is 0.470. The number of fused-ring (bicyclic) bond motifs is 1. The van der Waals surface area contributed by atoms with Gasteiger partial charge in [-0.25, -0.2) is 0 Å². The van der Waals surface area contributed by atoms with Crippen LogP contribution in [0, 0.1) is 0 Å². The van der Waals surface area contributed by atoms with E-state index in [1.54, 1.807) is 4.90 Å². The molecule has 2 aliphatic rings. The Morgan fingerprint density at radius 1 is 1.31 bits per heavy atom. The summed E-state index contributed by atoms with van der Waals surface area (Å²) in [6, 6.07) is 12.0. The first-order chi connectivity index (χ1) is 12.7. The lowest BCUT2D eigenvalue weighted by Gasteiger charge is -2.16. The topological polar surface area (TPSA) is 79.3 Å². The van der Waals surface area contributed by atoms with E-state index in [0.717, 1.165) is 36.6 Å². The number of amides is 2. The van der Waals surface area contributed by atoms with Crippen molar-refractivity contribution in [2.45, 2.75) is 32.0 Å². The van der Waals surface area contributed by atoms with Crippen molar-refractivity contribution in [3.63, 3.8) is 0 Å². The maximum absolute atomic E-state index is 12.3. The van der Waals surface area contributed by atoms with Gasteiger partial charge in [-0.05, 0) is 11.6 Å². The fraction of sp³-hybridized carbons (Fsp3) is 0.421. The van der Waals surface area contributed by atoms with Crippen molar-refractivity contribution in [1.29, 1.82) is 0 Å². The molecule has 1 saturated heterocycles. The van der Waals surface area contributed by atoms with Crippen molar-refractivity contribution in [2.24, 2.45) is 0 Å². The number of aromatic nitrogens is 2. The van der Waals surface area contributed by atoms with Gasteiger partial charge in [0.15, 0.2) is 0 Å². The number of nitrogens with one attached hydrogen (secondary N) is 2. The zero-order valence-corrected chi connectivity index (χ0v) is 14.6. The molecule has 2 amide bonds. The largest absolute Gasteiger partial charge is 0.349 e.